The van der Waals surface area contributed by atoms with Crippen LogP contribution in [0.3, 0.4) is 0 Å². The third-order valence-corrected chi connectivity index (χ3v) is 2.88. The van der Waals surface area contributed by atoms with Gasteiger partial charge in [0.15, 0.2) is 0 Å². The van der Waals surface area contributed by atoms with Crippen LogP contribution in [0.25, 0.3) is 6.08 Å². The normalized spacial score (nSPS) is 13.4. The zero-order valence-electron chi connectivity index (χ0n) is 8.53. The molecule has 0 amide bonds. The second-order valence-corrected chi connectivity index (χ2v) is 4.73. The molecule has 0 radical (unpaired) electrons. The van der Waals surface area contributed by atoms with Crippen LogP contribution in [-0.2, 0) is 0 Å². The molecule has 0 bridgehead atoms. The minimum absolute atomic E-state index is 0.182. The van der Waals surface area contributed by atoms with Crippen LogP contribution in [0.1, 0.15) is 19.4 Å². The molecule has 76 valence electrons. The van der Waals surface area contributed by atoms with E-state index < -0.39 is 0 Å². The maximum Gasteiger partial charge on any atom is 0.123 e. The molecule has 0 heterocycles. The van der Waals surface area contributed by atoms with Crippen molar-refractivity contribution in [3.63, 3.8) is 0 Å². The Morgan fingerprint density at radius 2 is 2.00 bits per heavy atom. The standard InChI is InChI=1S/C12H15FS/c1-3-14-10(2)4-5-11-6-8-12(13)9-7-11/h4-10H,3H2,1-2H3/b5-4+. The maximum absolute atomic E-state index is 12.6. The third kappa shape index (κ3) is 3.97. The zero-order valence-corrected chi connectivity index (χ0v) is 9.35. The van der Waals surface area contributed by atoms with Crippen LogP contribution in [0, 0.1) is 5.82 Å². The summed E-state index contributed by atoms with van der Waals surface area (Å²) < 4.78 is 12.6. The molecule has 14 heavy (non-hydrogen) atoms. The fourth-order valence-corrected chi connectivity index (χ4v) is 1.85. The topological polar surface area (TPSA) is 0 Å². The summed E-state index contributed by atoms with van der Waals surface area (Å²) in [5.74, 6) is 0.938. The van der Waals surface area contributed by atoms with Crippen LogP contribution in [0.5, 0.6) is 0 Å². The van der Waals surface area contributed by atoms with E-state index in [2.05, 4.69) is 19.9 Å². The first kappa shape index (κ1) is 11.3. The average Bonchev–Trinajstić information content (AvgIpc) is 2.17. The van der Waals surface area contributed by atoms with Gasteiger partial charge < -0.3 is 0 Å². The summed E-state index contributed by atoms with van der Waals surface area (Å²) in [5, 5.41) is 0.519. The van der Waals surface area contributed by atoms with Crippen molar-refractivity contribution in [2.75, 3.05) is 5.75 Å². The van der Waals surface area contributed by atoms with E-state index in [1.54, 1.807) is 12.1 Å². The van der Waals surface area contributed by atoms with Gasteiger partial charge in [0, 0.05) is 5.25 Å². The molecule has 0 aliphatic carbocycles. The highest BCUT2D eigenvalue weighted by atomic mass is 32.2. The van der Waals surface area contributed by atoms with Gasteiger partial charge >= 0.3 is 0 Å². The minimum atomic E-state index is -0.182. The van der Waals surface area contributed by atoms with Crippen LogP contribution < -0.4 is 0 Å². The van der Waals surface area contributed by atoms with Crippen molar-refractivity contribution < 1.29 is 4.39 Å². The summed E-state index contributed by atoms with van der Waals surface area (Å²) in [4.78, 5) is 0. The van der Waals surface area contributed by atoms with Crippen molar-refractivity contribution in [1.82, 2.24) is 0 Å². The van der Waals surface area contributed by atoms with E-state index in [0.29, 0.717) is 5.25 Å². The molecule has 1 atom stereocenters. The van der Waals surface area contributed by atoms with Crippen LogP contribution in [0.4, 0.5) is 4.39 Å². The van der Waals surface area contributed by atoms with Gasteiger partial charge in [-0.2, -0.15) is 11.8 Å². The van der Waals surface area contributed by atoms with Crippen molar-refractivity contribution in [3.05, 3.63) is 41.7 Å². The highest BCUT2D eigenvalue weighted by molar-refractivity contribution is 8.00. The molecule has 1 aromatic carbocycles. The Morgan fingerprint density at radius 1 is 1.36 bits per heavy atom. The fraction of sp³-hybridized carbons (Fsp3) is 0.333. The van der Waals surface area contributed by atoms with Gasteiger partial charge in [-0.15, -0.1) is 0 Å². The lowest BCUT2D eigenvalue weighted by Crippen LogP contribution is -1.89. The summed E-state index contributed by atoms with van der Waals surface area (Å²) in [5.41, 5.74) is 1.05. The van der Waals surface area contributed by atoms with Crippen molar-refractivity contribution in [2.24, 2.45) is 0 Å². The molecule has 0 aliphatic heterocycles. The molecule has 0 spiro atoms. The second-order valence-electron chi connectivity index (χ2n) is 3.07. The number of hydrogen-bond acceptors (Lipinski definition) is 1. The highest BCUT2D eigenvalue weighted by Crippen LogP contribution is 2.13. The van der Waals surface area contributed by atoms with E-state index in [4.69, 9.17) is 0 Å². The minimum Gasteiger partial charge on any atom is -0.207 e. The summed E-state index contributed by atoms with van der Waals surface area (Å²) in [6.45, 7) is 4.31. The van der Waals surface area contributed by atoms with Gasteiger partial charge in [0.25, 0.3) is 0 Å². The molecule has 1 unspecified atom stereocenters. The molecular formula is C12H15FS. The summed E-state index contributed by atoms with van der Waals surface area (Å²) in [7, 11) is 0. The first-order valence-corrected chi connectivity index (χ1v) is 5.82. The quantitative estimate of drug-likeness (QED) is 0.724. The fourth-order valence-electron chi connectivity index (χ4n) is 1.14. The molecular weight excluding hydrogens is 195 g/mol. The Labute approximate surface area is 89.2 Å². The van der Waals surface area contributed by atoms with E-state index in [1.165, 1.54) is 12.1 Å². The lowest BCUT2D eigenvalue weighted by molar-refractivity contribution is 0.628. The maximum atomic E-state index is 12.6. The average molecular weight is 210 g/mol. The van der Waals surface area contributed by atoms with Gasteiger partial charge in [-0.3, -0.25) is 0 Å². The number of halogens is 1. The predicted molar refractivity (Wildman–Crippen MR) is 63.0 cm³/mol. The van der Waals surface area contributed by atoms with Crippen molar-refractivity contribution in [1.29, 1.82) is 0 Å². The third-order valence-electron chi connectivity index (χ3n) is 1.86. The smallest absolute Gasteiger partial charge is 0.123 e. The van der Waals surface area contributed by atoms with Gasteiger partial charge in [0.1, 0.15) is 5.82 Å². The van der Waals surface area contributed by atoms with E-state index >= 15 is 0 Å². The van der Waals surface area contributed by atoms with Crippen molar-refractivity contribution in [3.8, 4) is 0 Å². The Morgan fingerprint density at radius 3 is 2.57 bits per heavy atom. The SMILES string of the molecule is CCSC(C)/C=C/c1ccc(F)cc1. The molecule has 0 nitrogen and oxygen atoms in total. The van der Waals surface area contributed by atoms with E-state index in [1.807, 2.05) is 17.8 Å². The van der Waals surface area contributed by atoms with Crippen molar-refractivity contribution in [2.45, 2.75) is 19.1 Å². The molecule has 2 heteroatoms. The van der Waals surface area contributed by atoms with Gasteiger partial charge in [-0.05, 0) is 30.4 Å². The lowest BCUT2D eigenvalue weighted by atomic mass is 10.2. The van der Waals surface area contributed by atoms with Crippen molar-refractivity contribution >= 4 is 17.8 Å². The van der Waals surface area contributed by atoms with Gasteiger partial charge in [0.2, 0.25) is 0 Å². The van der Waals surface area contributed by atoms with Gasteiger partial charge in [-0.1, -0.05) is 31.2 Å². The Kier molecular flexibility index (Phi) is 4.74. The zero-order chi connectivity index (χ0) is 10.4. The largest absolute Gasteiger partial charge is 0.207 e. The highest BCUT2D eigenvalue weighted by Gasteiger charge is 1.94. The molecule has 0 aliphatic rings. The molecule has 0 aromatic heterocycles. The molecule has 0 saturated carbocycles. The Balaban J connectivity index is 2.55. The number of hydrogen-bond donors (Lipinski definition) is 0. The van der Waals surface area contributed by atoms with E-state index in [0.717, 1.165) is 11.3 Å². The second kappa shape index (κ2) is 5.86. The Bertz CT molecular complexity index is 290. The number of benzene rings is 1. The van der Waals surface area contributed by atoms with Gasteiger partial charge in [0.05, 0.1) is 0 Å². The summed E-state index contributed by atoms with van der Waals surface area (Å²) in [6, 6.07) is 6.54. The summed E-state index contributed by atoms with van der Waals surface area (Å²) >= 11 is 1.89. The molecule has 0 fully saturated rings. The van der Waals surface area contributed by atoms with Crippen LogP contribution in [0.2, 0.25) is 0 Å². The Hall–Kier alpha value is -0.760. The van der Waals surface area contributed by atoms with E-state index in [9.17, 15) is 4.39 Å². The molecule has 1 aromatic rings. The van der Waals surface area contributed by atoms with Crippen LogP contribution in [-0.4, -0.2) is 11.0 Å². The van der Waals surface area contributed by atoms with Crippen LogP contribution >= 0.6 is 11.8 Å². The monoisotopic (exact) mass is 210 g/mol. The number of thioether (sulfide) groups is 1. The predicted octanol–water partition coefficient (Wildman–Crippen LogP) is 3.98. The van der Waals surface area contributed by atoms with Crippen LogP contribution in [0.15, 0.2) is 30.3 Å². The summed E-state index contributed by atoms with van der Waals surface area (Å²) in [6.07, 6.45) is 4.17. The molecule has 0 saturated heterocycles. The van der Waals surface area contributed by atoms with E-state index in [-0.39, 0.29) is 5.82 Å². The first-order valence-electron chi connectivity index (χ1n) is 4.77. The molecule has 0 N–H and O–H groups in total. The number of rotatable bonds is 4. The molecule has 1 rings (SSSR count). The van der Waals surface area contributed by atoms with Gasteiger partial charge in [-0.25, -0.2) is 4.39 Å². The lowest BCUT2D eigenvalue weighted by Gasteiger charge is -2.02. The first-order chi connectivity index (χ1) is 6.72.